The number of hydrogen-bond acceptors (Lipinski definition) is 4. The van der Waals surface area contributed by atoms with Gasteiger partial charge in [-0.2, -0.15) is 31.6 Å². The van der Waals surface area contributed by atoms with Crippen LogP contribution in [0.1, 0.15) is 47.2 Å². The molecule has 11 heteroatoms. The molecule has 0 bridgehead atoms. The average molecular weight is 410 g/mol. The van der Waals surface area contributed by atoms with Crippen LogP contribution in [0.3, 0.4) is 0 Å². The maximum Gasteiger partial charge on any atom is 0.416 e. The fourth-order valence-electron chi connectivity index (χ4n) is 2.27. The van der Waals surface area contributed by atoms with E-state index < -0.39 is 47.0 Å². The number of hydrogen-bond donors (Lipinski definition) is 1. The Morgan fingerprint density at radius 3 is 2.04 bits per heavy atom. The zero-order valence-corrected chi connectivity index (χ0v) is 14.6. The Kier molecular flexibility index (Phi) is 7.84. The molecule has 0 aliphatic rings. The lowest BCUT2D eigenvalue weighted by Crippen LogP contribution is -2.41. The lowest BCUT2D eigenvalue weighted by Gasteiger charge is -2.18. The first-order chi connectivity index (χ1) is 12.9. The first kappa shape index (κ1) is 23.3. The van der Waals surface area contributed by atoms with Crippen molar-refractivity contribution in [2.24, 2.45) is 0 Å². The van der Waals surface area contributed by atoms with Crippen LogP contribution in [0.25, 0.3) is 0 Å². The van der Waals surface area contributed by atoms with Crippen LogP contribution in [0.2, 0.25) is 0 Å². The maximum absolute atomic E-state index is 12.9. The van der Waals surface area contributed by atoms with E-state index in [0.29, 0.717) is 12.8 Å². The van der Waals surface area contributed by atoms with Crippen molar-refractivity contribution in [3.63, 3.8) is 0 Å². The number of unbranched alkanes of at least 4 members (excludes halogenated alkanes) is 2. The van der Waals surface area contributed by atoms with E-state index in [2.05, 4.69) is 10.1 Å². The number of halogens is 6. The summed E-state index contributed by atoms with van der Waals surface area (Å²) in [6.45, 7) is 0. The van der Waals surface area contributed by atoms with Crippen molar-refractivity contribution in [2.45, 2.75) is 44.1 Å². The van der Waals surface area contributed by atoms with Gasteiger partial charge >= 0.3 is 18.3 Å². The van der Waals surface area contributed by atoms with Gasteiger partial charge in [0.25, 0.3) is 5.91 Å². The van der Waals surface area contributed by atoms with E-state index in [4.69, 9.17) is 5.26 Å². The molecule has 154 valence electrons. The highest BCUT2D eigenvalue weighted by Gasteiger charge is 2.37. The molecule has 5 nitrogen and oxygen atoms in total. The summed E-state index contributed by atoms with van der Waals surface area (Å²) in [4.78, 5) is 23.9. The zero-order valence-electron chi connectivity index (χ0n) is 14.6. The first-order valence-electron chi connectivity index (χ1n) is 7.95. The summed E-state index contributed by atoms with van der Waals surface area (Å²) in [5.74, 6) is -2.19. The van der Waals surface area contributed by atoms with Gasteiger partial charge in [-0.15, -0.1) is 0 Å². The van der Waals surface area contributed by atoms with Crippen molar-refractivity contribution in [1.29, 1.82) is 5.26 Å². The number of ether oxygens (including phenoxy) is 1. The second kappa shape index (κ2) is 9.43. The number of amides is 1. The number of benzene rings is 1. The minimum absolute atomic E-state index is 0.00514. The van der Waals surface area contributed by atoms with Gasteiger partial charge in [0.1, 0.15) is 6.04 Å². The molecule has 1 N–H and O–H groups in total. The van der Waals surface area contributed by atoms with Crippen LogP contribution >= 0.6 is 0 Å². The smallest absolute Gasteiger partial charge is 0.416 e. The molecule has 0 spiro atoms. The van der Waals surface area contributed by atoms with E-state index in [9.17, 15) is 35.9 Å². The third kappa shape index (κ3) is 6.75. The molecule has 0 unspecified atom stereocenters. The summed E-state index contributed by atoms with van der Waals surface area (Å²) in [6, 6.07) is 1.04. The van der Waals surface area contributed by atoms with Gasteiger partial charge in [0.15, 0.2) is 0 Å². The van der Waals surface area contributed by atoms with Crippen molar-refractivity contribution in [3.05, 3.63) is 34.9 Å². The van der Waals surface area contributed by atoms with Crippen LogP contribution in [-0.2, 0) is 21.9 Å². The second-order valence-electron chi connectivity index (χ2n) is 5.75. The largest absolute Gasteiger partial charge is 0.467 e. The van der Waals surface area contributed by atoms with E-state index in [-0.39, 0.29) is 31.0 Å². The number of esters is 1. The van der Waals surface area contributed by atoms with E-state index in [1.807, 2.05) is 6.07 Å². The monoisotopic (exact) mass is 410 g/mol. The van der Waals surface area contributed by atoms with Crippen molar-refractivity contribution < 1.29 is 40.7 Å². The summed E-state index contributed by atoms with van der Waals surface area (Å²) in [5, 5.41) is 10.6. The zero-order chi connectivity index (χ0) is 21.5. The SMILES string of the molecule is COC(=O)[C@H](CCCCC#N)NC(=O)c1cc(C(F)(F)F)cc(C(F)(F)F)c1. The second-order valence-corrected chi connectivity index (χ2v) is 5.75. The molecule has 0 aromatic heterocycles. The average Bonchev–Trinajstić information content (AvgIpc) is 2.61. The van der Waals surface area contributed by atoms with Crippen LogP contribution in [-0.4, -0.2) is 25.0 Å². The van der Waals surface area contributed by atoms with Gasteiger partial charge in [-0.3, -0.25) is 4.79 Å². The molecule has 28 heavy (non-hydrogen) atoms. The Hall–Kier alpha value is -2.77. The maximum atomic E-state index is 12.9. The third-order valence-corrected chi connectivity index (χ3v) is 3.67. The summed E-state index contributed by atoms with van der Waals surface area (Å²) >= 11 is 0. The predicted molar refractivity (Wildman–Crippen MR) is 83.8 cm³/mol. The molecule has 0 aliphatic heterocycles. The molecule has 1 amide bonds. The minimum atomic E-state index is -5.10. The van der Waals surface area contributed by atoms with Gasteiger partial charge in [-0.1, -0.05) is 0 Å². The molecule has 0 saturated heterocycles. The van der Waals surface area contributed by atoms with Crippen molar-refractivity contribution in [2.75, 3.05) is 7.11 Å². The lowest BCUT2D eigenvalue weighted by atomic mass is 10.0. The third-order valence-electron chi connectivity index (χ3n) is 3.67. The van der Waals surface area contributed by atoms with Crippen LogP contribution < -0.4 is 5.32 Å². The standard InChI is InChI=1S/C17H16F6N2O3/c1-28-15(27)13(5-3-2-4-6-24)25-14(26)10-7-11(16(18,19)20)9-12(8-10)17(21,22)23/h7-9,13H,2-5H2,1H3,(H,25,26)/t13-/m0/s1. The number of nitrogens with zero attached hydrogens (tertiary/aromatic N) is 1. The van der Waals surface area contributed by atoms with E-state index in [0.717, 1.165) is 7.11 Å². The Morgan fingerprint density at radius 2 is 1.61 bits per heavy atom. The predicted octanol–water partition coefficient (Wildman–Crippen LogP) is 4.08. The van der Waals surface area contributed by atoms with Crippen LogP contribution in [0.15, 0.2) is 18.2 Å². The molecule has 0 fully saturated rings. The number of methoxy groups -OCH3 is 1. The topological polar surface area (TPSA) is 79.2 Å². The number of rotatable bonds is 7. The number of alkyl halides is 6. The van der Waals surface area contributed by atoms with Gasteiger partial charge in [-0.25, -0.2) is 4.79 Å². The number of nitriles is 1. The number of carbonyl (C=O) groups excluding carboxylic acids is 2. The summed E-state index contributed by atoms with van der Waals surface area (Å²) < 4.78 is 81.8. The van der Waals surface area contributed by atoms with E-state index in [1.54, 1.807) is 0 Å². The summed E-state index contributed by atoms with van der Waals surface area (Å²) in [6.07, 6.45) is -9.31. The molecule has 1 rings (SSSR count). The highest BCUT2D eigenvalue weighted by molar-refractivity contribution is 5.97. The Morgan fingerprint density at radius 1 is 1.07 bits per heavy atom. The van der Waals surface area contributed by atoms with Gasteiger partial charge in [0.05, 0.1) is 24.3 Å². The molecule has 1 atom stereocenters. The summed E-state index contributed by atoms with van der Waals surface area (Å²) in [7, 11) is 1.02. The number of nitrogens with one attached hydrogen (secondary N) is 1. The molecule has 0 heterocycles. The molecule has 1 aromatic rings. The molecular formula is C17H16F6N2O3. The van der Waals surface area contributed by atoms with E-state index >= 15 is 0 Å². The molecule has 0 aliphatic carbocycles. The van der Waals surface area contributed by atoms with Crippen molar-refractivity contribution in [1.82, 2.24) is 5.32 Å². The molecule has 1 aromatic carbocycles. The highest BCUT2D eigenvalue weighted by Crippen LogP contribution is 2.36. The van der Waals surface area contributed by atoms with Gasteiger partial charge < -0.3 is 10.1 Å². The van der Waals surface area contributed by atoms with Crippen molar-refractivity contribution >= 4 is 11.9 Å². The fraction of sp³-hybridized carbons (Fsp3) is 0.471. The Balaban J connectivity index is 3.13. The highest BCUT2D eigenvalue weighted by atomic mass is 19.4. The van der Waals surface area contributed by atoms with Crippen LogP contribution in [0.5, 0.6) is 0 Å². The van der Waals surface area contributed by atoms with Gasteiger partial charge in [0.2, 0.25) is 0 Å². The number of carbonyl (C=O) groups is 2. The Bertz CT molecular complexity index is 720. The fourth-order valence-corrected chi connectivity index (χ4v) is 2.27. The van der Waals surface area contributed by atoms with Crippen molar-refractivity contribution in [3.8, 4) is 6.07 Å². The molecular weight excluding hydrogens is 394 g/mol. The minimum Gasteiger partial charge on any atom is -0.467 e. The lowest BCUT2D eigenvalue weighted by molar-refractivity contribution is -0.144. The van der Waals surface area contributed by atoms with E-state index in [1.165, 1.54) is 0 Å². The van der Waals surface area contributed by atoms with Gasteiger partial charge in [0, 0.05) is 12.0 Å². The Labute approximate surface area is 156 Å². The van der Waals surface area contributed by atoms with Gasteiger partial charge in [-0.05, 0) is 37.5 Å². The van der Waals surface area contributed by atoms with Crippen LogP contribution in [0, 0.1) is 11.3 Å². The first-order valence-corrected chi connectivity index (χ1v) is 7.95. The van der Waals surface area contributed by atoms with Crippen LogP contribution in [0.4, 0.5) is 26.3 Å². The normalized spacial score (nSPS) is 12.8. The molecule has 0 radical (unpaired) electrons. The quantitative estimate of drug-likeness (QED) is 0.417. The summed E-state index contributed by atoms with van der Waals surface area (Å²) in [5.41, 5.74) is -4.18. The molecule has 0 saturated carbocycles.